The third kappa shape index (κ3) is 2.40. The topological polar surface area (TPSA) is 55.6 Å². The normalized spacial score (nSPS) is 19.2. The summed E-state index contributed by atoms with van der Waals surface area (Å²) < 4.78 is 5.27. The number of nitrogens with two attached hydrogens (primary N) is 1. The fourth-order valence-electron chi connectivity index (χ4n) is 1.92. The van der Waals surface area contributed by atoms with Crippen molar-refractivity contribution in [3.63, 3.8) is 0 Å². The van der Waals surface area contributed by atoms with Gasteiger partial charge in [-0.15, -0.1) is 0 Å². The van der Waals surface area contributed by atoms with Gasteiger partial charge >= 0.3 is 0 Å². The first-order chi connectivity index (χ1) is 7.81. The molecule has 0 amide bonds. The van der Waals surface area contributed by atoms with E-state index in [2.05, 4.69) is 4.90 Å². The second kappa shape index (κ2) is 5.09. The minimum Gasteiger partial charge on any atom is -0.399 e. The van der Waals surface area contributed by atoms with Crippen LogP contribution in [-0.4, -0.2) is 37.5 Å². The highest BCUT2D eigenvalue weighted by Crippen LogP contribution is 2.20. The van der Waals surface area contributed by atoms with Crippen LogP contribution in [-0.2, 0) is 9.53 Å². The van der Waals surface area contributed by atoms with Gasteiger partial charge in [0.2, 0.25) is 0 Å². The number of hydrogen-bond acceptors (Lipinski definition) is 4. The number of morpholine rings is 1. The van der Waals surface area contributed by atoms with Gasteiger partial charge < -0.3 is 15.3 Å². The Morgan fingerprint density at radius 3 is 2.44 bits per heavy atom. The molecule has 0 spiro atoms. The number of hydrogen-bond donors (Lipinski definition) is 1. The lowest BCUT2D eigenvalue weighted by atomic mass is 10.1. The molecule has 1 aromatic carbocycles. The Bertz CT molecular complexity index is 345. The van der Waals surface area contributed by atoms with E-state index in [1.54, 1.807) is 0 Å². The van der Waals surface area contributed by atoms with Crippen molar-refractivity contribution in [1.29, 1.82) is 0 Å². The number of aldehydes is 1. The number of nitrogen functional groups attached to an aromatic ring is 1. The van der Waals surface area contributed by atoms with Crippen molar-refractivity contribution in [1.82, 2.24) is 4.90 Å². The SMILES string of the molecule is Nc1ccc(C(C=O)N2CCOCC2)cc1. The van der Waals surface area contributed by atoms with Gasteiger partial charge in [-0.3, -0.25) is 4.90 Å². The van der Waals surface area contributed by atoms with E-state index >= 15 is 0 Å². The smallest absolute Gasteiger partial charge is 0.141 e. The molecule has 1 atom stereocenters. The van der Waals surface area contributed by atoms with Gasteiger partial charge in [-0.25, -0.2) is 0 Å². The molecule has 2 N–H and O–H groups in total. The van der Waals surface area contributed by atoms with Gasteiger partial charge in [-0.2, -0.15) is 0 Å². The predicted octanol–water partition coefficient (Wildman–Crippen LogP) is 0.841. The van der Waals surface area contributed by atoms with Crippen LogP contribution < -0.4 is 5.73 Å². The van der Waals surface area contributed by atoms with Crippen molar-refractivity contribution >= 4 is 12.0 Å². The Morgan fingerprint density at radius 2 is 1.88 bits per heavy atom. The summed E-state index contributed by atoms with van der Waals surface area (Å²) in [6.45, 7) is 2.99. The van der Waals surface area contributed by atoms with E-state index in [0.717, 1.165) is 30.6 Å². The molecule has 1 heterocycles. The third-order valence-electron chi connectivity index (χ3n) is 2.85. The second-order valence-corrected chi connectivity index (χ2v) is 3.90. The van der Waals surface area contributed by atoms with Crippen LogP contribution in [0.1, 0.15) is 11.6 Å². The number of ether oxygens (including phenoxy) is 1. The molecule has 0 saturated carbocycles. The maximum Gasteiger partial charge on any atom is 0.141 e. The molecule has 0 bridgehead atoms. The number of benzene rings is 1. The van der Waals surface area contributed by atoms with Gasteiger partial charge in [0.05, 0.1) is 19.3 Å². The van der Waals surface area contributed by atoms with E-state index in [1.165, 1.54) is 0 Å². The molecule has 0 aliphatic carbocycles. The molecule has 4 nitrogen and oxygen atoms in total. The third-order valence-corrected chi connectivity index (χ3v) is 2.85. The molecule has 1 fully saturated rings. The van der Waals surface area contributed by atoms with Crippen molar-refractivity contribution in [3.05, 3.63) is 29.8 Å². The van der Waals surface area contributed by atoms with Gasteiger partial charge in [0.25, 0.3) is 0 Å². The van der Waals surface area contributed by atoms with Crippen LogP contribution >= 0.6 is 0 Å². The number of nitrogens with zero attached hydrogens (tertiary/aromatic N) is 1. The summed E-state index contributed by atoms with van der Waals surface area (Å²) in [5.74, 6) is 0. The van der Waals surface area contributed by atoms with Crippen molar-refractivity contribution < 1.29 is 9.53 Å². The molecule has 1 aliphatic heterocycles. The predicted molar refractivity (Wildman–Crippen MR) is 62.1 cm³/mol. The molecule has 1 saturated heterocycles. The van der Waals surface area contributed by atoms with Gasteiger partial charge in [-0.1, -0.05) is 12.1 Å². The molecule has 86 valence electrons. The first-order valence-corrected chi connectivity index (χ1v) is 5.44. The number of anilines is 1. The Balaban J connectivity index is 2.14. The van der Waals surface area contributed by atoms with Gasteiger partial charge in [0.1, 0.15) is 6.29 Å². The highest BCUT2D eigenvalue weighted by Gasteiger charge is 2.21. The quantitative estimate of drug-likeness (QED) is 0.606. The van der Waals surface area contributed by atoms with Gasteiger partial charge in [-0.05, 0) is 17.7 Å². The van der Waals surface area contributed by atoms with Gasteiger partial charge in [0, 0.05) is 18.8 Å². The number of rotatable bonds is 3. The molecular weight excluding hydrogens is 204 g/mol. The van der Waals surface area contributed by atoms with Crippen LogP contribution in [0, 0.1) is 0 Å². The fourth-order valence-corrected chi connectivity index (χ4v) is 1.92. The number of carbonyl (C=O) groups excluding carboxylic acids is 1. The lowest BCUT2D eigenvalue weighted by Gasteiger charge is -2.31. The highest BCUT2D eigenvalue weighted by molar-refractivity contribution is 5.62. The zero-order valence-corrected chi connectivity index (χ0v) is 9.13. The molecule has 2 rings (SSSR count). The Kier molecular flexibility index (Phi) is 3.54. The summed E-state index contributed by atoms with van der Waals surface area (Å²) in [7, 11) is 0. The molecule has 1 aliphatic rings. The minimum atomic E-state index is -0.176. The lowest BCUT2D eigenvalue weighted by Crippen LogP contribution is -2.39. The van der Waals surface area contributed by atoms with E-state index in [-0.39, 0.29) is 6.04 Å². The fraction of sp³-hybridized carbons (Fsp3) is 0.417. The van der Waals surface area contributed by atoms with Crippen molar-refractivity contribution in [3.8, 4) is 0 Å². The van der Waals surface area contributed by atoms with E-state index in [4.69, 9.17) is 10.5 Å². The van der Waals surface area contributed by atoms with Crippen LogP contribution in [0.5, 0.6) is 0 Å². The average Bonchev–Trinajstić information content (AvgIpc) is 2.34. The lowest BCUT2D eigenvalue weighted by molar-refractivity contribution is -0.114. The highest BCUT2D eigenvalue weighted by atomic mass is 16.5. The van der Waals surface area contributed by atoms with E-state index in [0.29, 0.717) is 13.2 Å². The molecule has 4 heteroatoms. The molecular formula is C12H16N2O2. The van der Waals surface area contributed by atoms with Crippen LogP contribution in [0.3, 0.4) is 0 Å². The van der Waals surface area contributed by atoms with Crippen molar-refractivity contribution in [2.45, 2.75) is 6.04 Å². The first-order valence-electron chi connectivity index (χ1n) is 5.44. The molecule has 16 heavy (non-hydrogen) atoms. The first kappa shape index (κ1) is 11.1. The maximum absolute atomic E-state index is 11.2. The monoisotopic (exact) mass is 220 g/mol. The summed E-state index contributed by atoms with van der Waals surface area (Å²) in [5.41, 5.74) is 7.33. The summed E-state index contributed by atoms with van der Waals surface area (Å²) >= 11 is 0. The Morgan fingerprint density at radius 1 is 1.25 bits per heavy atom. The molecule has 1 aromatic rings. The van der Waals surface area contributed by atoms with Crippen LogP contribution in [0.4, 0.5) is 5.69 Å². The van der Waals surface area contributed by atoms with E-state index < -0.39 is 0 Å². The molecule has 0 aromatic heterocycles. The number of carbonyl (C=O) groups is 1. The Labute approximate surface area is 95.0 Å². The summed E-state index contributed by atoms with van der Waals surface area (Å²) in [6, 6.07) is 7.29. The minimum absolute atomic E-state index is 0.176. The van der Waals surface area contributed by atoms with Crippen molar-refractivity contribution in [2.24, 2.45) is 0 Å². The van der Waals surface area contributed by atoms with Crippen LogP contribution in [0.25, 0.3) is 0 Å². The zero-order valence-electron chi connectivity index (χ0n) is 9.13. The second-order valence-electron chi connectivity index (χ2n) is 3.90. The summed E-state index contributed by atoms with van der Waals surface area (Å²) in [6.07, 6.45) is 0.983. The largest absolute Gasteiger partial charge is 0.399 e. The van der Waals surface area contributed by atoms with E-state index in [1.807, 2.05) is 24.3 Å². The maximum atomic E-state index is 11.2. The average molecular weight is 220 g/mol. The zero-order chi connectivity index (χ0) is 11.4. The van der Waals surface area contributed by atoms with Crippen LogP contribution in [0.15, 0.2) is 24.3 Å². The standard InChI is InChI=1S/C12H16N2O2/c13-11-3-1-10(2-4-11)12(9-15)14-5-7-16-8-6-14/h1-4,9,12H,5-8,13H2. The van der Waals surface area contributed by atoms with Crippen LogP contribution in [0.2, 0.25) is 0 Å². The molecule has 1 unspecified atom stereocenters. The summed E-state index contributed by atoms with van der Waals surface area (Å²) in [4.78, 5) is 13.3. The van der Waals surface area contributed by atoms with E-state index in [9.17, 15) is 4.79 Å². The summed E-state index contributed by atoms with van der Waals surface area (Å²) in [5, 5.41) is 0. The molecule has 0 radical (unpaired) electrons. The van der Waals surface area contributed by atoms with Crippen molar-refractivity contribution in [2.75, 3.05) is 32.0 Å². The Hall–Kier alpha value is -1.39. The van der Waals surface area contributed by atoms with Gasteiger partial charge in [0.15, 0.2) is 0 Å².